The van der Waals surface area contributed by atoms with E-state index in [2.05, 4.69) is 0 Å². The van der Waals surface area contributed by atoms with E-state index in [4.69, 9.17) is 19.3 Å². The van der Waals surface area contributed by atoms with Crippen LogP contribution in [0.1, 0.15) is 22.6 Å². The van der Waals surface area contributed by atoms with Crippen LogP contribution in [-0.4, -0.2) is 36.5 Å². The number of methoxy groups -OCH3 is 1. The Balaban J connectivity index is 1.89. The summed E-state index contributed by atoms with van der Waals surface area (Å²) < 4.78 is 17.6. The van der Waals surface area contributed by atoms with Crippen LogP contribution in [0.15, 0.2) is 57.9 Å². The van der Waals surface area contributed by atoms with Gasteiger partial charge in [0.2, 0.25) is 11.8 Å². The molecule has 9 nitrogen and oxygen atoms in total. The van der Waals surface area contributed by atoms with E-state index >= 15 is 0 Å². The number of amides is 1. The van der Waals surface area contributed by atoms with Gasteiger partial charge in [0.15, 0.2) is 5.92 Å². The molecule has 2 aliphatic heterocycles. The van der Waals surface area contributed by atoms with Crippen LogP contribution < -0.4 is 15.2 Å². The van der Waals surface area contributed by atoms with Crippen molar-refractivity contribution in [1.82, 2.24) is 4.57 Å². The van der Waals surface area contributed by atoms with Crippen LogP contribution in [0.4, 0.5) is 5.69 Å². The van der Waals surface area contributed by atoms with Crippen LogP contribution in [0.25, 0.3) is 0 Å². The molecule has 2 aromatic heterocycles. The Morgan fingerprint density at radius 2 is 1.97 bits per heavy atom. The lowest BCUT2D eigenvalue weighted by molar-refractivity contribution is -0.147. The third-order valence-corrected chi connectivity index (χ3v) is 6.44. The van der Waals surface area contributed by atoms with Gasteiger partial charge in [0.1, 0.15) is 16.9 Å². The van der Waals surface area contributed by atoms with Gasteiger partial charge in [-0.05, 0) is 30.7 Å². The third kappa shape index (κ3) is 2.65. The van der Waals surface area contributed by atoms with Gasteiger partial charge in [0.25, 0.3) is 5.56 Å². The van der Waals surface area contributed by atoms with Gasteiger partial charge < -0.3 is 23.4 Å². The number of carbonyl (C=O) groups excluding carboxylic acids is 2. The van der Waals surface area contributed by atoms with E-state index < -0.39 is 34.7 Å². The fourth-order valence-electron chi connectivity index (χ4n) is 4.97. The number of anilines is 1. The van der Waals surface area contributed by atoms with Crippen molar-refractivity contribution >= 4 is 23.5 Å². The zero-order chi connectivity index (χ0) is 23.5. The number of benzene rings is 1. The highest BCUT2D eigenvalue weighted by atomic mass is 16.5. The lowest BCUT2D eigenvalue weighted by Gasteiger charge is -2.39. The number of nitrogens with zero attached hydrogens (tertiary/aromatic N) is 2. The summed E-state index contributed by atoms with van der Waals surface area (Å²) in [5.74, 6) is -2.60. The van der Waals surface area contributed by atoms with Gasteiger partial charge in [-0.2, -0.15) is 0 Å². The summed E-state index contributed by atoms with van der Waals surface area (Å²) in [7, 11) is 2.76. The van der Waals surface area contributed by atoms with Crippen molar-refractivity contribution in [1.29, 1.82) is 5.41 Å². The van der Waals surface area contributed by atoms with Gasteiger partial charge in [0, 0.05) is 24.5 Å². The topological polar surface area (TPSA) is 115 Å². The van der Waals surface area contributed by atoms with Crippen molar-refractivity contribution < 1.29 is 23.5 Å². The number of para-hydroxylation sites is 1. The number of aromatic nitrogens is 1. The van der Waals surface area contributed by atoms with Gasteiger partial charge in [-0.25, -0.2) is 0 Å². The highest BCUT2D eigenvalue weighted by Gasteiger charge is 2.65. The molecule has 9 heteroatoms. The number of furan rings is 1. The second kappa shape index (κ2) is 7.19. The predicted molar refractivity (Wildman–Crippen MR) is 118 cm³/mol. The Morgan fingerprint density at radius 3 is 2.67 bits per heavy atom. The zero-order valence-corrected chi connectivity index (χ0v) is 18.2. The summed E-state index contributed by atoms with van der Waals surface area (Å²) in [6.07, 6.45) is 1.51. The van der Waals surface area contributed by atoms with E-state index in [1.165, 1.54) is 22.8 Å². The zero-order valence-electron chi connectivity index (χ0n) is 18.2. The standard InChI is InChI=1S/C24H21N3O6/c1-13-11-17-18(21(28)27(13)12-14-7-6-10-32-14)24(19(20(25)33-17)22(29)31-3)15-8-4-5-9-16(15)26(2)23(24)30/h4-11,19,25H,12H2,1-3H3. The van der Waals surface area contributed by atoms with Crippen molar-refractivity contribution in [2.75, 3.05) is 19.1 Å². The molecule has 0 aliphatic carbocycles. The minimum Gasteiger partial charge on any atom is -0.468 e. The molecule has 0 bridgehead atoms. The molecule has 0 saturated carbocycles. The molecule has 2 atom stereocenters. The SMILES string of the molecule is COC(=O)C1C(=N)Oc2cc(C)n(Cc3ccco3)c(=O)c2C12C(=O)N(C)c1ccccc12. The molecular formula is C24H21N3O6. The number of nitrogens with one attached hydrogen (secondary N) is 1. The molecule has 0 fully saturated rings. The van der Waals surface area contributed by atoms with E-state index in [-0.39, 0.29) is 17.9 Å². The van der Waals surface area contributed by atoms with Crippen LogP contribution in [0.5, 0.6) is 5.75 Å². The Morgan fingerprint density at radius 1 is 1.21 bits per heavy atom. The van der Waals surface area contributed by atoms with E-state index in [1.54, 1.807) is 56.4 Å². The van der Waals surface area contributed by atoms with Crippen molar-refractivity contribution in [3.05, 3.63) is 81.7 Å². The molecule has 1 aromatic carbocycles. The van der Waals surface area contributed by atoms with Crippen molar-refractivity contribution in [2.45, 2.75) is 18.9 Å². The molecular weight excluding hydrogens is 426 g/mol. The number of ether oxygens (including phenoxy) is 2. The smallest absolute Gasteiger partial charge is 0.319 e. The molecule has 1 amide bonds. The minimum atomic E-state index is -1.79. The average molecular weight is 447 g/mol. The van der Waals surface area contributed by atoms with Gasteiger partial charge in [-0.1, -0.05) is 18.2 Å². The number of hydrogen-bond acceptors (Lipinski definition) is 7. The van der Waals surface area contributed by atoms with Crippen LogP contribution in [0, 0.1) is 18.3 Å². The molecule has 0 saturated heterocycles. The first-order chi connectivity index (χ1) is 15.8. The predicted octanol–water partition coefficient (Wildman–Crippen LogP) is 2.22. The van der Waals surface area contributed by atoms with Crippen LogP contribution in [0.3, 0.4) is 0 Å². The first kappa shape index (κ1) is 20.7. The first-order valence-electron chi connectivity index (χ1n) is 10.3. The fraction of sp³-hybridized carbons (Fsp3) is 0.250. The normalized spacial score (nSPS) is 21.1. The molecule has 2 unspecified atom stereocenters. The quantitative estimate of drug-likeness (QED) is 0.616. The molecule has 2 aliphatic rings. The fourth-order valence-corrected chi connectivity index (χ4v) is 4.97. The van der Waals surface area contributed by atoms with Gasteiger partial charge >= 0.3 is 5.97 Å². The molecule has 1 spiro atoms. The van der Waals surface area contributed by atoms with E-state index in [0.717, 1.165) is 0 Å². The molecule has 5 rings (SSSR count). The lowest BCUT2D eigenvalue weighted by atomic mass is 9.64. The Kier molecular flexibility index (Phi) is 4.52. The minimum absolute atomic E-state index is 0.00727. The van der Waals surface area contributed by atoms with Crippen molar-refractivity contribution in [2.24, 2.45) is 5.92 Å². The molecule has 1 N–H and O–H groups in total. The Hall–Kier alpha value is -4.14. The van der Waals surface area contributed by atoms with Crippen LogP contribution in [-0.2, 0) is 26.3 Å². The number of esters is 1. The van der Waals surface area contributed by atoms with E-state index in [1.807, 2.05) is 0 Å². The second-order valence-electron chi connectivity index (χ2n) is 8.11. The maximum absolute atomic E-state index is 14.0. The summed E-state index contributed by atoms with van der Waals surface area (Å²) in [6.45, 7) is 1.86. The maximum atomic E-state index is 14.0. The van der Waals surface area contributed by atoms with Gasteiger partial charge in [-0.15, -0.1) is 0 Å². The molecule has 0 radical (unpaired) electrons. The highest BCUT2D eigenvalue weighted by molar-refractivity contribution is 6.18. The molecule has 168 valence electrons. The number of carbonyl (C=O) groups is 2. The second-order valence-corrected chi connectivity index (χ2v) is 8.11. The number of likely N-dealkylation sites (N-methyl/N-ethyl adjacent to an activating group) is 1. The van der Waals surface area contributed by atoms with Gasteiger partial charge in [0.05, 0.1) is 25.5 Å². The monoisotopic (exact) mass is 447 g/mol. The molecule has 4 heterocycles. The first-order valence-corrected chi connectivity index (χ1v) is 10.3. The van der Waals surface area contributed by atoms with Crippen LogP contribution in [0.2, 0.25) is 0 Å². The number of rotatable bonds is 3. The number of hydrogen-bond donors (Lipinski definition) is 1. The van der Waals surface area contributed by atoms with Crippen molar-refractivity contribution in [3.8, 4) is 5.75 Å². The highest BCUT2D eigenvalue weighted by Crippen LogP contribution is 2.54. The number of pyridine rings is 1. The molecule has 3 aromatic rings. The third-order valence-electron chi connectivity index (χ3n) is 6.44. The summed E-state index contributed by atoms with van der Waals surface area (Å²) in [5.41, 5.74) is -0.725. The Bertz CT molecular complexity index is 1370. The Labute approximate surface area is 188 Å². The van der Waals surface area contributed by atoms with Crippen LogP contribution >= 0.6 is 0 Å². The van der Waals surface area contributed by atoms with E-state index in [9.17, 15) is 14.4 Å². The molecule has 33 heavy (non-hydrogen) atoms. The summed E-state index contributed by atoms with van der Waals surface area (Å²) >= 11 is 0. The summed E-state index contributed by atoms with van der Waals surface area (Å²) in [5, 5.41) is 8.53. The lowest BCUT2D eigenvalue weighted by Crippen LogP contribution is -2.58. The largest absolute Gasteiger partial charge is 0.468 e. The maximum Gasteiger partial charge on any atom is 0.319 e. The number of aryl methyl sites for hydroxylation is 1. The van der Waals surface area contributed by atoms with E-state index in [0.29, 0.717) is 22.7 Å². The number of fused-ring (bicyclic) bond motifs is 4. The summed E-state index contributed by atoms with van der Waals surface area (Å²) in [4.78, 5) is 42.3. The average Bonchev–Trinajstić information content (AvgIpc) is 3.39. The summed E-state index contributed by atoms with van der Waals surface area (Å²) in [6, 6.07) is 12.0. The van der Waals surface area contributed by atoms with Gasteiger partial charge in [-0.3, -0.25) is 19.8 Å². The van der Waals surface area contributed by atoms with Crippen molar-refractivity contribution in [3.63, 3.8) is 0 Å².